The van der Waals surface area contributed by atoms with Gasteiger partial charge >= 0.3 is 0 Å². The van der Waals surface area contributed by atoms with Crippen LogP contribution in [0.15, 0.2) is 66.9 Å². The summed E-state index contributed by atoms with van der Waals surface area (Å²) in [6.07, 6.45) is 4.93. The van der Waals surface area contributed by atoms with Crippen LogP contribution in [0.1, 0.15) is 47.0 Å². The predicted octanol–water partition coefficient (Wildman–Crippen LogP) is 5.32. The molecule has 158 valence electrons. The molecular weight excluding hydrogens is 411 g/mol. The zero-order valence-corrected chi connectivity index (χ0v) is 18.2. The van der Waals surface area contributed by atoms with Crippen molar-refractivity contribution in [2.24, 2.45) is 0 Å². The van der Waals surface area contributed by atoms with E-state index in [0.29, 0.717) is 22.3 Å². The highest BCUT2D eigenvalue weighted by molar-refractivity contribution is 7.90. The van der Waals surface area contributed by atoms with Gasteiger partial charge in [0.15, 0.2) is 9.84 Å². The second-order valence-corrected chi connectivity index (χ2v) is 10.7. The summed E-state index contributed by atoms with van der Waals surface area (Å²) in [5.41, 5.74) is 5.90. The van der Waals surface area contributed by atoms with Gasteiger partial charge in [0, 0.05) is 30.0 Å². The first kappa shape index (κ1) is 19.9. The van der Waals surface area contributed by atoms with Crippen LogP contribution >= 0.6 is 0 Å². The Labute approximate surface area is 181 Å². The Balaban J connectivity index is 1.59. The third kappa shape index (κ3) is 3.45. The topological polar surface area (TPSA) is 51.4 Å². The molecule has 0 fully saturated rings. The fourth-order valence-corrected chi connectivity index (χ4v) is 5.16. The lowest BCUT2D eigenvalue weighted by molar-refractivity contribution is 0.592. The van der Waals surface area contributed by atoms with Crippen LogP contribution < -0.4 is 0 Å². The Hall–Kier alpha value is -2.99. The normalized spacial score (nSPS) is 17.1. The van der Waals surface area contributed by atoms with Gasteiger partial charge in [-0.25, -0.2) is 17.8 Å². The number of imidazole rings is 1. The van der Waals surface area contributed by atoms with E-state index < -0.39 is 15.1 Å². The largest absolute Gasteiger partial charge is 0.302 e. The lowest BCUT2D eigenvalue weighted by Crippen LogP contribution is -2.07. The third-order valence-corrected chi connectivity index (χ3v) is 7.91. The van der Waals surface area contributed by atoms with Crippen LogP contribution in [0, 0.1) is 5.82 Å². The number of hydrogen-bond donors (Lipinski definition) is 0. The third-order valence-electron chi connectivity index (χ3n) is 6.36. The molecule has 0 saturated carbocycles. The number of benzene rings is 2. The van der Waals surface area contributed by atoms with Crippen molar-refractivity contribution in [3.63, 3.8) is 0 Å². The first-order chi connectivity index (χ1) is 14.8. The minimum Gasteiger partial charge on any atom is -0.302 e. The van der Waals surface area contributed by atoms with Crippen molar-refractivity contribution in [2.75, 3.05) is 6.26 Å². The van der Waals surface area contributed by atoms with E-state index >= 15 is 0 Å². The van der Waals surface area contributed by atoms with Gasteiger partial charge in [-0.05, 0) is 36.5 Å². The number of hydrogen-bond acceptors (Lipinski definition) is 3. The molecule has 0 bridgehead atoms. The fourth-order valence-electron chi connectivity index (χ4n) is 4.51. The maximum Gasteiger partial charge on any atom is 0.154 e. The first-order valence-electron chi connectivity index (χ1n) is 10.4. The average molecular weight is 435 g/mol. The van der Waals surface area contributed by atoms with E-state index in [1.54, 1.807) is 31.2 Å². The lowest BCUT2D eigenvalue weighted by Gasteiger charge is -2.14. The van der Waals surface area contributed by atoms with Crippen LogP contribution in [0.4, 0.5) is 4.39 Å². The summed E-state index contributed by atoms with van der Waals surface area (Å²) in [7, 11) is -3.19. The molecule has 2 aromatic heterocycles. The summed E-state index contributed by atoms with van der Waals surface area (Å²) in [6, 6.07) is 18.9. The quantitative estimate of drug-likeness (QED) is 0.437. The van der Waals surface area contributed by atoms with Gasteiger partial charge in [-0.15, -0.1) is 0 Å². The molecule has 0 radical (unpaired) electrons. The van der Waals surface area contributed by atoms with E-state index in [2.05, 4.69) is 17.1 Å². The van der Waals surface area contributed by atoms with E-state index in [1.807, 2.05) is 28.8 Å². The van der Waals surface area contributed by atoms with Crippen molar-refractivity contribution in [1.82, 2.24) is 9.38 Å². The number of rotatable bonds is 4. The van der Waals surface area contributed by atoms with Crippen LogP contribution in [0.25, 0.3) is 16.8 Å². The zero-order chi connectivity index (χ0) is 21.8. The molecule has 0 saturated heterocycles. The van der Waals surface area contributed by atoms with Crippen LogP contribution in [0.3, 0.4) is 0 Å². The number of nitrogens with zero attached hydrogens (tertiary/aromatic N) is 2. The molecule has 4 nitrogen and oxygen atoms in total. The van der Waals surface area contributed by atoms with Gasteiger partial charge in [0.1, 0.15) is 11.5 Å². The minimum atomic E-state index is -3.19. The van der Waals surface area contributed by atoms with Gasteiger partial charge in [0.25, 0.3) is 0 Å². The Bertz CT molecular complexity index is 1380. The van der Waals surface area contributed by atoms with Crippen molar-refractivity contribution >= 4 is 15.5 Å². The molecule has 2 atom stereocenters. The highest BCUT2D eigenvalue weighted by atomic mass is 32.2. The number of pyridine rings is 1. The van der Waals surface area contributed by atoms with Crippen molar-refractivity contribution < 1.29 is 12.8 Å². The molecule has 2 aromatic carbocycles. The number of aryl methyl sites for hydroxylation is 1. The van der Waals surface area contributed by atoms with Gasteiger partial charge in [-0.2, -0.15) is 0 Å². The molecule has 2 unspecified atom stereocenters. The summed E-state index contributed by atoms with van der Waals surface area (Å²) in [5, 5.41) is -0.600. The van der Waals surface area contributed by atoms with Crippen molar-refractivity contribution in [2.45, 2.75) is 30.9 Å². The van der Waals surface area contributed by atoms with E-state index in [0.717, 1.165) is 24.2 Å². The van der Waals surface area contributed by atoms with Crippen LogP contribution in [-0.2, 0) is 16.3 Å². The van der Waals surface area contributed by atoms with Gasteiger partial charge < -0.3 is 4.40 Å². The molecule has 0 spiro atoms. The Morgan fingerprint density at radius 2 is 1.81 bits per heavy atom. The van der Waals surface area contributed by atoms with Gasteiger partial charge in [-0.3, -0.25) is 0 Å². The summed E-state index contributed by atoms with van der Waals surface area (Å²) < 4.78 is 40.7. The summed E-state index contributed by atoms with van der Waals surface area (Å²) in [4.78, 5) is 4.69. The minimum absolute atomic E-state index is 0.238. The molecular formula is C25H23FN2O2S. The molecule has 4 aromatic rings. The maximum absolute atomic E-state index is 15.0. The molecule has 0 aliphatic heterocycles. The second-order valence-electron chi connectivity index (χ2n) is 8.30. The molecule has 1 aliphatic rings. The molecule has 0 amide bonds. The molecule has 31 heavy (non-hydrogen) atoms. The Morgan fingerprint density at radius 3 is 2.48 bits per heavy atom. The monoisotopic (exact) mass is 434 g/mol. The van der Waals surface area contributed by atoms with Crippen molar-refractivity contribution in [3.05, 3.63) is 95.2 Å². The smallest absolute Gasteiger partial charge is 0.154 e. The van der Waals surface area contributed by atoms with Crippen LogP contribution in [0.5, 0.6) is 0 Å². The Kier molecular flexibility index (Phi) is 4.70. The average Bonchev–Trinajstić information content (AvgIpc) is 3.31. The molecule has 6 heteroatoms. The van der Waals surface area contributed by atoms with E-state index in [4.69, 9.17) is 0 Å². The van der Waals surface area contributed by atoms with Gasteiger partial charge in [-0.1, -0.05) is 54.6 Å². The number of halogens is 1. The predicted molar refractivity (Wildman–Crippen MR) is 120 cm³/mol. The Morgan fingerprint density at radius 1 is 1.10 bits per heavy atom. The molecule has 5 rings (SSSR count). The van der Waals surface area contributed by atoms with E-state index in [9.17, 15) is 12.8 Å². The molecule has 1 aliphatic carbocycles. The summed E-state index contributed by atoms with van der Waals surface area (Å²) in [5.74, 6) is -0.0983. The van der Waals surface area contributed by atoms with Gasteiger partial charge in [0.05, 0.1) is 16.6 Å². The SMILES string of the molecule is CC(c1ccc(-c2cn3c4c(nc3cc2F)CCC4c2ccccc2)cc1)S(C)(=O)=O. The highest BCUT2D eigenvalue weighted by Crippen LogP contribution is 2.39. The lowest BCUT2D eigenvalue weighted by atomic mass is 9.97. The van der Waals surface area contributed by atoms with Crippen LogP contribution in [-0.4, -0.2) is 24.1 Å². The number of sulfone groups is 1. The maximum atomic E-state index is 15.0. The first-order valence-corrected chi connectivity index (χ1v) is 12.3. The second kappa shape index (κ2) is 7.31. The fraction of sp³-hybridized carbons (Fsp3) is 0.240. The van der Waals surface area contributed by atoms with E-state index in [-0.39, 0.29) is 11.7 Å². The van der Waals surface area contributed by atoms with E-state index in [1.165, 1.54) is 17.9 Å². The standard InChI is InChI=1S/C25H23FN2O2S/c1-16(31(2,29)30)17-8-10-19(11-9-17)21-15-28-24(14-22(21)26)27-23-13-12-20(25(23)28)18-6-4-3-5-7-18/h3-11,14-16,20H,12-13H2,1-2H3. The van der Waals surface area contributed by atoms with Crippen molar-refractivity contribution in [1.29, 1.82) is 0 Å². The summed E-state index contributed by atoms with van der Waals surface area (Å²) >= 11 is 0. The highest BCUT2D eigenvalue weighted by Gasteiger charge is 2.29. The van der Waals surface area contributed by atoms with Crippen LogP contribution in [0.2, 0.25) is 0 Å². The summed E-state index contributed by atoms with van der Waals surface area (Å²) in [6.45, 7) is 1.66. The number of aromatic nitrogens is 2. The molecule has 0 N–H and O–H groups in total. The number of fused-ring (bicyclic) bond motifs is 3. The molecule has 2 heterocycles. The van der Waals surface area contributed by atoms with Crippen molar-refractivity contribution in [3.8, 4) is 11.1 Å². The van der Waals surface area contributed by atoms with Gasteiger partial charge in [0.2, 0.25) is 0 Å². The zero-order valence-electron chi connectivity index (χ0n) is 17.4.